The predicted molar refractivity (Wildman–Crippen MR) is 60.8 cm³/mol. The minimum atomic E-state index is -2.12. The van der Waals surface area contributed by atoms with Gasteiger partial charge in [-0.2, -0.15) is 0 Å². The fourth-order valence-electron chi connectivity index (χ4n) is 2.21. The van der Waals surface area contributed by atoms with E-state index in [4.69, 9.17) is 9.84 Å². The van der Waals surface area contributed by atoms with E-state index in [1.54, 1.807) is 0 Å². The average Bonchev–Trinajstić information content (AvgIpc) is 2.67. The first-order chi connectivity index (χ1) is 8.49. The molecule has 2 heterocycles. The Labute approximate surface area is 102 Å². The number of nitrogens with zero attached hydrogens (tertiary/aromatic N) is 1. The highest BCUT2D eigenvalue weighted by Crippen LogP contribution is 2.42. The molecule has 1 fully saturated rings. The maximum atomic E-state index is 14.0. The fraction of sp³-hybridized carbons (Fsp3) is 0.636. The number of rotatable bonds is 3. The van der Waals surface area contributed by atoms with Crippen molar-refractivity contribution in [2.45, 2.75) is 31.8 Å². The van der Waals surface area contributed by atoms with Gasteiger partial charge in [-0.15, -0.1) is 0 Å². The zero-order chi connectivity index (χ0) is 13.3. The van der Waals surface area contributed by atoms with E-state index in [1.807, 2.05) is 6.92 Å². The summed E-state index contributed by atoms with van der Waals surface area (Å²) in [6, 6.07) is 1.18. The molecule has 100 valence electrons. The van der Waals surface area contributed by atoms with E-state index in [2.05, 4.69) is 4.98 Å². The summed E-state index contributed by atoms with van der Waals surface area (Å²) in [6.07, 6.45) is 1.09. The Morgan fingerprint density at radius 1 is 1.67 bits per heavy atom. The lowest BCUT2D eigenvalue weighted by atomic mass is 9.99. The standard InChI is InChI=1S/C11H15FN2O4/c1-2-7-5-11(12,6-15)18-9(7)14-4-3-8(16)13-10(14)17/h3-4,7,9,15H,2,5-6H2,1H3,(H,13,16,17)/t7-,9+,11-/m0/s1. The van der Waals surface area contributed by atoms with Gasteiger partial charge in [-0.25, -0.2) is 9.18 Å². The molecule has 1 aromatic heterocycles. The number of aromatic amines is 1. The number of hydrogen-bond acceptors (Lipinski definition) is 4. The molecule has 7 heteroatoms. The second kappa shape index (κ2) is 4.66. The Balaban J connectivity index is 2.37. The van der Waals surface area contributed by atoms with Crippen molar-refractivity contribution in [3.05, 3.63) is 33.1 Å². The molecule has 0 aromatic carbocycles. The van der Waals surface area contributed by atoms with Crippen LogP contribution in [0.1, 0.15) is 26.0 Å². The van der Waals surface area contributed by atoms with Crippen molar-refractivity contribution in [2.24, 2.45) is 5.92 Å². The van der Waals surface area contributed by atoms with Crippen LogP contribution >= 0.6 is 0 Å². The van der Waals surface area contributed by atoms with E-state index in [0.717, 1.165) is 4.57 Å². The molecule has 0 amide bonds. The van der Waals surface area contributed by atoms with Gasteiger partial charge in [-0.3, -0.25) is 14.3 Å². The van der Waals surface area contributed by atoms with E-state index in [0.29, 0.717) is 6.42 Å². The van der Waals surface area contributed by atoms with Crippen LogP contribution in [0, 0.1) is 5.92 Å². The van der Waals surface area contributed by atoms with Crippen molar-refractivity contribution >= 4 is 0 Å². The highest BCUT2D eigenvalue weighted by atomic mass is 19.2. The topological polar surface area (TPSA) is 84.3 Å². The van der Waals surface area contributed by atoms with Gasteiger partial charge in [-0.1, -0.05) is 6.92 Å². The first kappa shape index (κ1) is 13.0. The molecule has 0 aliphatic carbocycles. The molecule has 3 atom stereocenters. The van der Waals surface area contributed by atoms with Crippen LogP contribution in [0.25, 0.3) is 0 Å². The van der Waals surface area contributed by atoms with Crippen LogP contribution in [0.2, 0.25) is 0 Å². The van der Waals surface area contributed by atoms with E-state index in [-0.39, 0.29) is 12.3 Å². The Kier molecular flexibility index (Phi) is 3.36. The summed E-state index contributed by atoms with van der Waals surface area (Å²) < 4.78 is 20.2. The third kappa shape index (κ3) is 2.23. The second-order valence-electron chi connectivity index (χ2n) is 4.44. The van der Waals surface area contributed by atoms with Gasteiger partial charge in [0.15, 0.2) is 0 Å². The van der Waals surface area contributed by atoms with Crippen LogP contribution in [-0.2, 0) is 4.74 Å². The first-order valence-corrected chi connectivity index (χ1v) is 5.78. The second-order valence-corrected chi connectivity index (χ2v) is 4.44. The lowest BCUT2D eigenvalue weighted by Crippen LogP contribution is -2.34. The van der Waals surface area contributed by atoms with Gasteiger partial charge in [0, 0.05) is 24.6 Å². The van der Waals surface area contributed by atoms with Gasteiger partial charge in [0.05, 0.1) is 0 Å². The summed E-state index contributed by atoms with van der Waals surface area (Å²) in [4.78, 5) is 24.7. The number of nitrogens with one attached hydrogen (secondary N) is 1. The number of alkyl halides is 1. The highest BCUT2D eigenvalue weighted by molar-refractivity contribution is 4.90. The molecule has 0 radical (unpaired) electrons. The van der Waals surface area contributed by atoms with Gasteiger partial charge >= 0.3 is 5.69 Å². The molecule has 2 N–H and O–H groups in total. The molecule has 0 saturated carbocycles. The quantitative estimate of drug-likeness (QED) is 0.807. The first-order valence-electron chi connectivity index (χ1n) is 5.78. The maximum Gasteiger partial charge on any atom is 0.330 e. The van der Waals surface area contributed by atoms with E-state index < -0.39 is 29.9 Å². The summed E-state index contributed by atoms with van der Waals surface area (Å²) in [5.41, 5.74) is -1.16. The lowest BCUT2D eigenvalue weighted by Gasteiger charge is -2.20. The van der Waals surface area contributed by atoms with Gasteiger partial charge in [0.1, 0.15) is 12.8 Å². The van der Waals surface area contributed by atoms with Crippen LogP contribution in [0.4, 0.5) is 4.39 Å². The SMILES string of the molecule is CC[C@H]1C[C@@](F)(CO)O[C@H]1n1ccc(=O)[nH]c1=O. The predicted octanol–water partition coefficient (Wildman–Crippen LogP) is 0.140. The Morgan fingerprint density at radius 2 is 2.39 bits per heavy atom. The molecule has 1 aliphatic rings. The zero-order valence-electron chi connectivity index (χ0n) is 9.93. The van der Waals surface area contributed by atoms with E-state index in [1.165, 1.54) is 12.3 Å². The average molecular weight is 258 g/mol. The summed E-state index contributed by atoms with van der Waals surface area (Å²) in [5, 5.41) is 8.97. The van der Waals surface area contributed by atoms with Crippen LogP contribution in [-0.4, -0.2) is 27.1 Å². The molecule has 6 nitrogen and oxygen atoms in total. The third-order valence-corrected chi connectivity index (χ3v) is 3.19. The summed E-state index contributed by atoms with van der Waals surface area (Å²) in [6.45, 7) is 1.10. The largest absolute Gasteiger partial charge is 0.390 e. The number of hydrogen-bond donors (Lipinski definition) is 2. The molecular weight excluding hydrogens is 243 g/mol. The molecule has 0 spiro atoms. The van der Waals surface area contributed by atoms with Gasteiger partial charge < -0.3 is 9.84 Å². The van der Waals surface area contributed by atoms with Gasteiger partial charge in [0.25, 0.3) is 5.56 Å². The number of aromatic nitrogens is 2. The summed E-state index contributed by atoms with van der Waals surface area (Å²) in [7, 11) is 0. The monoisotopic (exact) mass is 258 g/mol. The number of aliphatic hydroxyl groups excluding tert-OH is 1. The molecule has 0 bridgehead atoms. The van der Waals surface area contributed by atoms with Crippen molar-refractivity contribution in [3.8, 4) is 0 Å². The summed E-state index contributed by atoms with van der Waals surface area (Å²) >= 11 is 0. The number of aliphatic hydroxyl groups is 1. The Morgan fingerprint density at radius 3 is 2.94 bits per heavy atom. The normalized spacial score (nSPS) is 31.7. The van der Waals surface area contributed by atoms with Crippen molar-refractivity contribution < 1.29 is 14.2 Å². The van der Waals surface area contributed by atoms with E-state index in [9.17, 15) is 14.0 Å². The highest BCUT2D eigenvalue weighted by Gasteiger charge is 2.47. The van der Waals surface area contributed by atoms with Crippen LogP contribution < -0.4 is 11.2 Å². The minimum absolute atomic E-state index is 0.0240. The molecule has 18 heavy (non-hydrogen) atoms. The van der Waals surface area contributed by atoms with Crippen molar-refractivity contribution in [1.29, 1.82) is 0 Å². The fourth-order valence-corrected chi connectivity index (χ4v) is 2.21. The number of halogens is 1. The van der Waals surface area contributed by atoms with Gasteiger partial charge in [0.2, 0.25) is 5.85 Å². The third-order valence-electron chi connectivity index (χ3n) is 3.19. The van der Waals surface area contributed by atoms with Crippen LogP contribution in [0.15, 0.2) is 21.9 Å². The zero-order valence-corrected chi connectivity index (χ0v) is 9.93. The molecule has 2 rings (SSSR count). The minimum Gasteiger partial charge on any atom is -0.390 e. The van der Waals surface area contributed by atoms with Crippen molar-refractivity contribution in [2.75, 3.05) is 6.61 Å². The summed E-state index contributed by atoms with van der Waals surface area (Å²) in [5.74, 6) is -2.35. The Bertz CT molecular complexity index is 540. The van der Waals surface area contributed by atoms with Crippen LogP contribution in [0.5, 0.6) is 0 Å². The maximum absolute atomic E-state index is 14.0. The van der Waals surface area contributed by atoms with Crippen LogP contribution in [0.3, 0.4) is 0 Å². The lowest BCUT2D eigenvalue weighted by molar-refractivity contribution is -0.179. The van der Waals surface area contributed by atoms with Crippen molar-refractivity contribution in [1.82, 2.24) is 9.55 Å². The Hall–Kier alpha value is -1.47. The molecule has 1 saturated heterocycles. The molecule has 1 aromatic rings. The van der Waals surface area contributed by atoms with Crippen molar-refractivity contribution in [3.63, 3.8) is 0 Å². The smallest absolute Gasteiger partial charge is 0.330 e. The number of ether oxygens (including phenoxy) is 1. The molecule has 0 unspecified atom stereocenters. The molecular formula is C11H15FN2O4. The van der Waals surface area contributed by atoms with E-state index >= 15 is 0 Å². The van der Waals surface area contributed by atoms with Gasteiger partial charge in [-0.05, 0) is 6.42 Å². The number of H-pyrrole nitrogens is 1. The molecule has 1 aliphatic heterocycles.